The number of nitrogens with one attached hydrogen (secondary N) is 1. The van der Waals surface area contributed by atoms with Crippen molar-refractivity contribution in [1.29, 1.82) is 0 Å². The van der Waals surface area contributed by atoms with Gasteiger partial charge in [0.15, 0.2) is 10.3 Å². The highest BCUT2D eigenvalue weighted by molar-refractivity contribution is 8.00. The van der Waals surface area contributed by atoms with E-state index in [1.165, 1.54) is 23.1 Å². The summed E-state index contributed by atoms with van der Waals surface area (Å²) in [6, 6.07) is 17.0. The average Bonchev–Trinajstić information content (AvgIpc) is 3.25. The molecule has 8 heteroatoms. The first-order chi connectivity index (χ1) is 15.1. The number of benzene rings is 2. The van der Waals surface area contributed by atoms with Gasteiger partial charge in [0.05, 0.1) is 21.8 Å². The second-order valence-corrected chi connectivity index (χ2v) is 8.94. The van der Waals surface area contributed by atoms with Crippen LogP contribution in [0.4, 0.5) is 5.13 Å². The molecule has 2 heterocycles. The van der Waals surface area contributed by atoms with Gasteiger partial charge in [0.2, 0.25) is 5.91 Å². The number of thiazole rings is 1. The second kappa shape index (κ2) is 9.28. The maximum Gasteiger partial charge on any atom is 0.262 e. The molecule has 6 nitrogen and oxygen atoms in total. The van der Waals surface area contributed by atoms with Crippen LogP contribution in [0.1, 0.15) is 6.92 Å². The summed E-state index contributed by atoms with van der Waals surface area (Å²) < 4.78 is 1.54. The Labute approximate surface area is 187 Å². The molecule has 2 aromatic heterocycles. The van der Waals surface area contributed by atoms with E-state index in [2.05, 4.69) is 21.9 Å². The van der Waals surface area contributed by atoms with Gasteiger partial charge in [-0.05, 0) is 19.1 Å². The molecule has 4 rings (SSSR count). The number of nitrogens with zero attached hydrogens (tertiary/aromatic N) is 3. The Bertz CT molecular complexity index is 1300. The molecule has 0 radical (unpaired) electrons. The molecular formula is C23H20N4O2S2. The molecule has 0 fully saturated rings. The van der Waals surface area contributed by atoms with E-state index in [0.717, 1.165) is 11.3 Å². The summed E-state index contributed by atoms with van der Waals surface area (Å²) in [6.45, 7) is 5.84. The Morgan fingerprint density at radius 2 is 1.94 bits per heavy atom. The van der Waals surface area contributed by atoms with Crippen molar-refractivity contribution >= 4 is 45.0 Å². The minimum Gasteiger partial charge on any atom is -0.301 e. The largest absolute Gasteiger partial charge is 0.301 e. The molecule has 0 aliphatic carbocycles. The monoisotopic (exact) mass is 448 g/mol. The predicted molar refractivity (Wildman–Crippen MR) is 128 cm³/mol. The predicted octanol–water partition coefficient (Wildman–Crippen LogP) is 4.83. The first kappa shape index (κ1) is 21.0. The van der Waals surface area contributed by atoms with Crippen molar-refractivity contribution in [1.82, 2.24) is 14.5 Å². The molecule has 31 heavy (non-hydrogen) atoms. The standard InChI is InChI=1S/C23H20N4O2S2/c1-3-13-27-21(29)17-11-7-8-12-18(17)25-23(27)31-15(2)20(28)26-22-24-19(14-30-22)16-9-5-4-6-10-16/h3-12,14-15H,1,13H2,2H3,(H,24,26,28). The molecule has 0 bridgehead atoms. The first-order valence-corrected chi connectivity index (χ1v) is 11.4. The third-order valence-corrected chi connectivity index (χ3v) is 6.44. The van der Waals surface area contributed by atoms with Crippen LogP contribution in [0, 0.1) is 0 Å². The van der Waals surface area contributed by atoms with Crippen LogP contribution in [0.3, 0.4) is 0 Å². The quantitative estimate of drug-likeness (QED) is 0.249. The van der Waals surface area contributed by atoms with Crippen molar-refractivity contribution in [3.05, 3.63) is 83.0 Å². The van der Waals surface area contributed by atoms with Gasteiger partial charge in [-0.15, -0.1) is 17.9 Å². The molecule has 0 aliphatic heterocycles. The van der Waals surface area contributed by atoms with Gasteiger partial charge in [0.25, 0.3) is 5.56 Å². The highest BCUT2D eigenvalue weighted by Crippen LogP contribution is 2.27. The van der Waals surface area contributed by atoms with Crippen LogP contribution >= 0.6 is 23.1 Å². The van der Waals surface area contributed by atoms with Crippen molar-refractivity contribution in [3.63, 3.8) is 0 Å². The van der Waals surface area contributed by atoms with E-state index in [9.17, 15) is 9.59 Å². The van der Waals surface area contributed by atoms with E-state index in [4.69, 9.17) is 0 Å². The van der Waals surface area contributed by atoms with Crippen LogP contribution in [-0.4, -0.2) is 25.7 Å². The SMILES string of the molecule is C=CCn1c(SC(C)C(=O)Nc2nc(-c3ccccc3)cs2)nc2ccccc2c1=O. The van der Waals surface area contributed by atoms with Gasteiger partial charge in [-0.1, -0.05) is 60.3 Å². The lowest BCUT2D eigenvalue weighted by atomic mass is 10.2. The molecule has 2 aromatic carbocycles. The van der Waals surface area contributed by atoms with E-state index in [1.54, 1.807) is 29.7 Å². The highest BCUT2D eigenvalue weighted by Gasteiger charge is 2.20. The zero-order chi connectivity index (χ0) is 21.8. The van der Waals surface area contributed by atoms with Crippen LogP contribution in [0.5, 0.6) is 0 Å². The van der Waals surface area contributed by atoms with Crippen molar-refractivity contribution in [2.45, 2.75) is 23.9 Å². The number of carbonyl (C=O) groups excluding carboxylic acids is 1. The molecule has 1 amide bonds. The fraction of sp³-hybridized carbons (Fsp3) is 0.130. The van der Waals surface area contributed by atoms with Gasteiger partial charge in [-0.25, -0.2) is 9.97 Å². The van der Waals surface area contributed by atoms with Gasteiger partial charge in [-0.2, -0.15) is 0 Å². The zero-order valence-corrected chi connectivity index (χ0v) is 18.5. The van der Waals surface area contributed by atoms with Gasteiger partial charge in [-0.3, -0.25) is 14.2 Å². The van der Waals surface area contributed by atoms with Crippen LogP contribution in [0.25, 0.3) is 22.2 Å². The summed E-state index contributed by atoms with van der Waals surface area (Å²) in [5.41, 5.74) is 2.27. The number of anilines is 1. The molecule has 1 unspecified atom stereocenters. The van der Waals surface area contributed by atoms with Crippen molar-refractivity contribution in [2.75, 3.05) is 5.32 Å². The molecule has 1 atom stereocenters. The van der Waals surface area contributed by atoms with Crippen molar-refractivity contribution in [3.8, 4) is 11.3 Å². The zero-order valence-electron chi connectivity index (χ0n) is 16.8. The van der Waals surface area contributed by atoms with Crippen molar-refractivity contribution < 1.29 is 4.79 Å². The minimum atomic E-state index is -0.479. The Morgan fingerprint density at radius 1 is 1.19 bits per heavy atom. The number of amides is 1. The number of rotatable bonds is 7. The first-order valence-electron chi connectivity index (χ1n) is 9.66. The summed E-state index contributed by atoms with van der Waals surface area (Å²) in [5.74, 6) is -0.202. The Morgan fingerprint density at radius 3 is 2.71 bits per heavy atom. The van der Waals surface area contributed by atoms with E-state index < -0.39 is 5.25 Å². The molecule has 156 valence electrons. The van der Waals surface area contributed by atoms with E-state index >= 15 is 0 Å². The number of aromatic nitrogens is 3. The average molecular weight is 449 g/mol. The molecule has 0 aliphatic rings. The number of para-hydroxylation sites is 1. The summed E-state index contributed by atoms with van der Waals surface area (Å²) in [7, 11) is 0. The Hall–Kier alpha value is -3.23. The third kappa shape index (κ3) is 4.60. The van der Waals surface area contributed by atoms with Crippen LogP contribution in [0.2, 0.25) is 0 Å². The third-order valence-electron chi connectivity index (χ3n) is 4.59. The molecule has 0 spiro atoms. The van der Waals surface area contributed by atoms with Gasteiger partial charge in [0, 0.05) is 17.5 Å². The number of carbonyl (C=O) groups is 1. The Kier molecular flexibility index (Phi) is 6.29. The summed E-state index contributed by atoms with van der Waals surface area (Å²) in [6.07, 6.45) is 1.65. The lowest BCUT2D eigenvalue weighted by molar-refractivity contribution is -0.115. The number of hydrogen-bond donors (Lipinski definition) is 1. The fourth-order valence-corrected chi connectivity index (χ4v) is 4.66. The number of thioether (sulfide) groups is 1. The van der Waals surface area contributed by atoms with Crippen LogP contribution in [0.15, 0.2) is 82.6 Å². The maximum atomic E-state index is 12.9. The van der Waals surface area contributed by atoms with E-state index in [1.807, 2.05) is 47.8 Å². The lowest BCUT2D eigenvalue weighted by Gasteiger charge is -2.15. The summed E-state index contributed by atoms with van der Waals surface area (Å²) in [4.78, 5) is 34.8. The van der Waals surface area contributed by atoms with Crippen molar-refractivity contribution in [2.24, 2.45) is 0 Å². The Balaban J connectivity index is 1.53. The smallest absolute Gasteiger partial charge is 0.262 e. The van der Waals surface area contributed by atoms with Crippen LogP contribution < -0.4 is 10.9 Å². The molecule has 0 saturated carbocycles. The molecule has 1 N–H and O–H groups in total. The highest BCUT2D eigenvalue weighted by atomic mass is 32.2. The summed E-state index contributed by atoms with van der Waals surface area (Å²) >= 11 is 2.61. The van der Waals surface area contributed by atoms with E-state index in [-0.39, 0.29) is 11.5 Å². The fourth-order valence-electron chi connectivity index (χ4n) is 3.02. The number of fused-ring (bicyclic) bond motifs is 1. The van der Waals surface area contributed by atoms with Gasteiger partial charge < -0.3 is 5.32 Å². The molecular weight excluding hydrogens is 428 g/mol. The molecule has 0 saturated heterocycles. The minimum absolute atomic E-state index is 0.145. The topological polar surface area (TPSA) is 76.9 Å². The van der Waals surface area contributed by atoms with Gasteiger partial charge in [0.1, 0.15) is 0 Å². The van der Waals surface area contributed by atoms with Gasteiger partial charge >= 0.3 is 0 Å². The second-order valence-electron chi connectivity index (χ2n) is 6.77. The normalized spacial score (nSPS) is 11.9. The van der Waals surface area contributed by atoms with Crippen LogP contribution in [-0.2, 0) is 11.3 Å². The molecule has 4 aromatic rings. The number of allylic oxidation sites excluding steroid dienone is 1. The van der Waals surface area contributed by atoms with E-state index in [0.29, 0.717) is 27.7 Å². The lowest BCUT2D eigenvalue weighted by Crippen LogP contribution is -2.26. The maximum absolute atomic E-state index is 12.9. The number of hydrogen-bond acceptors (Lipinski definition) is 6. The summed E-state index contributed by atoms with van der Waals surface area (Å²) in [5, 5.41) is 5.86.